The molecule has 0 rings (SSSR count). The summed E-state index contributed by atoms with van der Waals surface area (Å²) in [6, 6.07) is 0. The van der Waals surface area contributed by atoms with Crippen molar-refractivity contribution in [3.63, 3.8) is 0 Å². The SMILES string of the molecule is CCCOCCCC(C)CCOCC. The summed E-state index contributed by atoms with van der Waals surface area (Å²) in [4.78, 5) is 0. The van der Waals surface area contributed by atoms with E-state index >= 15 is 0 Å². The minimum absolute atomic E-state index is 0.770. The molecule has 0 N–H and O–H groups in total. The molecule has 14 heavy (non-hydrogen) atoms. The molecule has 0 aromatic heterocycles. The van der Waals surface area contributed by atoms with Crippen molar-refractivity contribution in [3.05, 3.63) is 0 Å². The van der Waals surface area contributed by atoms with Gasteiger partial charge in [-0.2, -0.15) is 0 Å². The lowest BCUT2D eigenvalue weighted by atomic mass is 10.0. The predicted octanol–water partition coefficient (Wildman–Crippen LogP) is 3.26. The molecule has 0 aliphatic carbocycles. The van der Waals surface area contributed by atoms with Gasteiger partial charge in [0.25, 0.3) is 0 Å². The van der Waals surface area contributed by atoms with Gasteiger partial charge in [0, 0.05) is 26.4 Å². The Hall–Kier alpha value is -0.0800. The third-order valence-electron chi connectivity index (χ3n) is 2.29. The largest absolute Gasteiger partial charge is 0.382 e. The second-order valence-corrected chi connectivity index (χ2v) is 3.85. The molecule has 86 valence electrons. The molecule has 0 saturated carbocycles. The van der Waals surface area contributed by atoms with E-state index < -0.39 is 0 Å². The predicted molar refractivity (Wildman–Crippen MR) is 60.6 cm³/mol. The van der Waals surface area contributed by atoms with Gasteiger partial charge >= 0.3 is 0 Å². The van der Waals surface area contributed by atoms with Gasteiger partial charge in [-0.1, -0.05) is 13.8 Å². The van der Waals surface area contributed by atoms with Crippen LogP contribution in [-0.4, -0.2) is 26.4 Å². The number of hydrogen-bond acceptors (Lipinski definition) is 2. The van der Waals surface area contributed by atoms with E-state index in [9.17, 15) is 0 Å². The molecule has 1 unspecified atom stereocenters. The van der Waals surface area contributed by atoms with E-state index in [2.05, 4.69) is 13.8 Å². The van der Waals surface area contributed by atoms with Crippen LogP contribution in [0.5, 0.6) is 0 Å². The van der Waals surface area contributed by atoms with Crippen LogP contribution < -0.4 is 0 Å². The Balaban J connectivity index is 3.06. The quantitative estimate of drug-likeness (QED) is 0.506. The van der Waals surface area contributed by atoms with Crippen LogP contribution in [0.4, 0.5) is 0 Å². The van der Waals surface area contributed by atoms with E-state index in [0.717, 1.165) is 38.8 Å². The maximum absolute atomic E-state index is 5.43. The minimum atomic E-state index is 0.770. The molecule has 0 saturated heterocycles. The first-order chi connectivity index (χ1) is 6.81. The van der Waals surface area contributed by atoms with Crippen LogP contribution in [0.2, 0.25) is 0 Å². The van der Waals surface area contributed by atoms with E-state index in [1.165, 1.54) is 19.3 Å². The van der Waals surface area contributed by atoms with Gasteiger partial charge in [-0.05, 0) is 38.5 Å². The molecular weight excluding hydrogens is 176 g/mol. The third-order valence-corrected chi connectivity index (χ3v) is 2.29. The van der Waals surface area contributed by atoms with E-state index in [0.29, 0.717) is 0 Å². The highest BCUT2D eigenvalue weighted by atomic mass is 16.5. The summed E-state index contributed by atoms with van der Waals surface area (Å²) >= 11 is 0. The summed E-state index contributed by atoms with van der Waals surface area (Å²) in [6.07, 6.45) is 4.76. The summed E-state index contributed by atoms with van der Waals surface area (Å²) in [5, 5.41) is 0. The van der Waals surface area contributed by atoms with Crippen molar-refractivity contribution in [3.8, 4) is 0 Å². The monoisotopic (exact) mass is 202 g/mol. The first kappa shape index (κ1) is 13.9. The smallest absolute Gasteiger partial charge is 0.0468 e. The maximum atomic E-state index is 5.43. The summed E-state index contributed by atoms with van der Waals surface area (Å²) < 4.78 is 10.7. The first-order valence-electron chi connectivity index (χ1n) is 5.96. The van der Waals surface area contributed by atoms with Crippen molar-refractivity contribution in [1.29, 1.82) is 0 Å². The summed E-state index contributed by atoms with van der Waals surface area (Å²) in [6.45, 7) is 10.1. The number of rotatable bonds is 10. The Morgan fingerprint density at radius 2 is 1.71 bits per heavy atom. The van der Waals surface area contributed by atoms with Gasteiger partial charge in [0.05, 0.1) is 0 Å². The number of ether oxygens (including phenoxy) is 2. The molecular formula is C12H26O2. The maximum Gasteiger partial charge on any atom is 0.0468 e. The molecule has 2 nitrogen and oxygen atoms in total. The lowest BCUT2D eigenvalue weighted by Gasteiger charge is -2.10. The van der Waals surface area contributed by atoms with Crippen LogP contribution in [0, 0.1) is 5.92 Å². The molecule has 2 heteroatoms. The summed E-state index contributed by atoms with van der Waals surface area (Å²) in [5.41, 5.74) is 0. The Labute approximate surface area is 89.0 Å². The summed E-state index contributed by atoms with van der Waals surface area (Å²) in [5.74, 6) is 0.770. The Bertz CT molecular complexity index is 104. The highest BCUT2D eigenvalue weighted by Crippen LogP contribution is 2.10. The van der Waals surface area contributed by atoms with Gasteiger partial charge in [0.15, 0.2) is 0 Å². The molecule has 0 spiro atoms. The fourth-order valence-corrected chi connectivity index (χ4v) is 1.35. The summed E-state index contributed by atoms with van der Waals surface area (Å²) in [7, 11) is 0. The van der Waals surface area contributed by atoms with Crippen LogP contribution in [0.25, 0.3) is 0 Å². The number of hydrogen-bond donors (Lipinski definition) is 0. The lowest BCUT2D eigenvalue weighted by molar-refractivity contribution is 0.117. The zero-order chi connectivity index (χ0) is 10.6. The van der Waals surface area contributed by atoms with Gasteiger partial charge in [0.2, 0.25) is 0 Å². The van der Waals surface area contributed by atoms with Crippen molar-refractivity contribution in [1.82, 2.24) is 0 Å². The molecule has 1 atom stereocenters. The Morgan fingerprint density at radius 3 is 2.36 bits per heavy atom. The van der Waals surface area contributed by atoms with Gasteiger partial charge in [-0.25, -0.2) is 0 Å². The van der Waals surface area contributed by atoms with Crippen LogP contribution in [0.1, 0.15) is 46.5 Å². The van der Waals surface area contributed by atoms with E-state index in [-0.39, 0.29) is 0 Å². The van der Waals surface area contributed by atoms with Gasteiger partial charge < -0.3 is 9.47 Å². The molecule has 0 amide bonds. The highest BCUT2D eigenvalue weighted by Gasteiger charge is 2.01. The zero-order valence-corrected chi connectivity index (χ0v) is 10.1. The minimum Gasteiger partial charge on any atom is -0.382 e. The van der Waals surface area contributed by atoms with Crippen molar-refractivity contribution >= 4 is 0 Å². The van der Waals surface area contributed by atoms with Crippen molar-refractivity contribution < 1.29 is 9.47 Å². The van der Waals surface area contributed by atoms with Gasteiger partial charge in [-0.3, -0.25) is 0 Å². The fraction of sp³-hybridized carbons (Fsp3) is 1.00. The van der Waals surface area contributed by atoms with Gasteiger partial charge in [0.1, 0.15) is 0 Å². The van der Waals surface area contributed by atoms with Crippen LogP contribution in [0.15, 0.2) is 0 Å². The molecule has 0 heterocycles. The molecule has 0 aromatic carbocycles. The van der Waals surface area contributed by atoms with Crippen molar-refractivity contribution in [2.24, 2.45) is 5.92 Å². The molecule has 0 aliphatic rings. The van der Waals surface area contributed by atoms with E-state index in [4.69, 9.17) is 9.47 Å². The van der Waals surface area contributed by atoms with E-state index in [1.54, 1.807) is 0 Å². The van der Waals surface area contributed by atoms with Crippen LogP contribution in [0.3, 0.4) is 0 Å². The van der Waals surface area contributed by atoms with Gasteiger partial charge in [-0.15, -0.1) is 0 Å². The van der Waals surface area contributed by atoms with Crippen LogP contribution >= 0.6 is 0 Å². The van der Waals surface area contributed by atoms with Crippen molar-refractivity contribution in [2.75, 3.05) is 26.4 Å². The van der Waals surface area contributed by atoms with Crippen molar-refractivity contribution in [2.45, 2.75) is 46.5 Å². The molecule has 0 fully saturated rings. The third kappa shape index (κ3) is 10.0. The topological polar surface area (TPSA) is 18.5 Å². The lowest BCUT2D eigenvalue weighted by Crippen LogP contribution is -2.04. The normalized spacial score (nSPS) is 13.1. The van der Waals surface area contributed by atoms with E-state index in [1.807, 2.05) is 6.92 Å². The second-order valence-electron chi connectivity index (χ2n) is 3.85. The zero-order valence-electron chi connectivity index (χ0n) is 10.1. The fourth-order valence-electron chi connectivity index (χ4n) is 1.35. The standard InChI is InChI=1S/C12H26O2/c1-4-9-14-10-6-7-12(3)8-11-13-5-2/h12H,4-11H2,1-3H3. The molecule has 0 radical (unpaired) electrons. The average Bonchev–Trinajstić information content (AvgIpc) is 2.18. The Kier molecular flexibility index (Phi) is 10.9. The first-order valence-corrected chi connectivity index (χ1v) is 5.96. The Morgan fingerprint density at radius 1 is 0.929 bits per heavy atom. The second kappa shape index (κ2) is 11.0. The molecule has 0 aliphatic heterocycles. The molecule has 0 aromatic rings. The average molecular weight is 202 g/mol. The highest BCUT2D eigenvalue weighted by molar-refractivity contribution is 4.52. The molecule has 0 bridgehead atoms. The van der Waals surface area contributed by atoms with Crippen LogP contribution in [-0.2, 0) is 9.47 Å².